The molecule has 8 N–H and O–H groups in total. The number of halogens is 5. The largest absolute Gasteiger partial charge is 0.384 e. The fourth-order valence-corrected chi connectivity index (χ4v) is 6.21. The number of imidazole rings is 2. The predicted molar refractivity (Wildman–Crippen MR) is 203 cm³/mol. The number of fused-ring (bicyclic) bond motifs is 2. The fourth-order valence-electron chi connectivity index (χ4n) is 6.02. The van der Waals surface area contributed by atoms with Gasteiger partial charge >= 0.3 is 0 Å². The van der Waals surface area contributed by atoms with Gasteiger partial charge in [-0.2, -0.15) is 9.97 Å². The number of nitro groups is 1. The van der Waals surface area contributed by atoms with Crippen LogP contribution < -0.4 is 27.8 Å². The average molecular weight is 786 g/mol. The topological polar surface area (TPSA) is 219 Å². The van der Waals surface area contributed by atoms with E-state index in [9.17, 15) is 27.7 Å². The van der Waals surface area contributed by atoms with Crippen molar-refractivity contribution in [2.75, 3.05) is 11.1 Å². The summed E-state index contributed by atoms with van der Waals surface area (Å²) in [5, 5.41) is 17.3. The van der Waals surface area contributed by atoms with Crippen LogP contribution in [0.25, 0.3) is 33.7 Å². The first-order chi connectivity index (χ1) is 26.6. The lowest BCUT2D eigenvalue weighted by atomic mass is 10.1. The number of non-ortho nitro benzene ring substituents is 1. The van der Waals surface area contributed by atoms with Crippen molar-refractivity contribution < 1.29 is 22.5 Å². The Kier molecular flexibility index (Phi) is 9.48. The lowest BCUT2D eigenvalue weighted by molar-refractivity contribution is -0.384. The van der Waals surface area contributed by atoms with Gasteiger partial charge in [-0.25, -0.2) is 32.5 Å². The number of benzene rings is 4. The Morgan fingerprint density at radius 2 is 1.39 bits per heavy atom. The second-order valence-corrected chi connectivity index (χ2v) is 12.8. The molecule has 1 aliphatic rings. The molecule has 20 heteroatoms. The number of aliphatic imine (C=N–C) groups is 1. The third-order valence-electron chi connectivity index (χ3n) is 8.44. The highest BCUT2D eigenvalue weighted by molar-refractivity contribution is 6.30. The molecule has 7 aromatic rings. The third-order valence-corrected chi connectivity index (χ3v) is 8.67. The van der Waals surface area contributed by atoms with Gasteiger partial charge in [0.2, 0.25) is 11.7 Å². The van der Waals surface area contributed by atoms with Gasteiger partial charge < -0.3 is 22.1 Å². The van der Waals surface area contributed by atoms with Gasteiger partial charge in [0.25, 0.3) is 5.69 Å². The van der Waals surface area contributed by atoms with Gasteiger partial charge in [0.05, 0.1) is 27.0 Å². The number of aryl methyl sites for hydroxylation is 2. The predicted octanol–water partition coefficient (Wildman–Crippen LogP) is 6.44. The number of nitrogens with two attached hydrogens (primary N) is 3. The summed E-state index contributed by atoms with van der Waals surface area (Å²) in [5.41, 5.74) is 20.6. The minimum absolute atomic E-state index is 0.0560. The number of rotatable bonds is 6. The highest BCUT2D eigenvalue weighted by atomic mass is 35.5. The Balaban J connectivity index is 0.000000172. The summed E-state index contributed by atoms with van der Waals surface area (Å²) in [6, 6.07) is 18.2. The number of nitro benzene ring substituents is 1. The van der Waals surface area contributed by atoms with Crippen LogP contribution in [-0.2, 0) is 5.79 Å². The van der Waals surface area contributed by atoms with E-state index in [-0.39, 0.29) is 28.8 Å². The lowest BCUT2D eigenvalue weighted by Gasteiger charge is -2.33. The van der Waals surface area contributed by atoms with Gasteiger partial charge in [-0.3, -0.25) is 25.0 Å². The maximum Gasteiger partial charge on any atom is 0.269 e. The molecule has 0 fully saturated rings. The Morgan fingerprint density at radius 1 is 0.804 bits per heavy atom. The summed E-state index contributed by atoms with van der Waals surface area (Å²) < 4.78 is 57.8. The number of hydrogen-bond acceptors (Lipinski definition) is 12. The highest BCUT2D eigenvalue weighted by Crippen LogP contribution is 2.30. The molecule has 0 radical (unpaired) electrons. The number of hydrogen-bond donors (Lipinski definition) is 5. The van der Waals surface area contributed by atoms with Gasteiger partial charge in [-0.15, -0.1) is 0 Å². The molecule has 0 saturated heterocycles. The van der Waals surface area contributed by atoms with Gasteiger partial charge in [0, 0.05) is 64.8 Å². The monoisotopic (exact) mass is 785 g/mol. The van der Waals surface area contributed by atoms with Gasteiger partial charge in [-0.05, 0) is 38.1 Å². The summed E-state index contributed by atoms with van der Waals surface area (Å²) in [6.07, 6.45) is 1.55. The van der Waals surface area contributed by atoms with Crippen LogP contribution in [-0.4, -0.2) is 39.8 Å². The maximum atomic E-state index is 13.8. The second kappa shape index (κ2) is 14.3. The molecule has 8 rings (SSSR count). The molecule has 0 amide bonds. The number of amidine groups is 1. The molecule has 56 heavy (non-hydrogen) atoms. The van der Waals surface area contributed by atoms with Crippen molar-refractivity contribution in [3.63, 3.8) is 0 Å². The van der Waals surface area contributed by atoms with Crippen molar-refractivity contribution >= 4 is 68.5 Å². The Bertz CT molecular complexity index is 2770. The molecule has 4 aromatic carbocycles. The quantitative estimate of drug-likeness (QED) is 0.0702. The molecule has 15 nitrogen and oxygen atoms in total. The van der Waals surface area contributed by atoms with Crippen LogP contribution >= 0.6 is 11.6 Å². The van der Waals surface area contributed by atoms with Crippen molar-refractivity contribution in [2.24, 2.45) is 16.5 Å². The van der Waals surface area contributed by atoms with Gasteiger partial charge in [0.15, 0.2) is 23.3 Å². The van der Waals surface area contributed by atoms with Gasteiger partial charge in [-0.1, -0.05) is 23.7 Å². The van der Waals surface area contributed by atoms with E-state index in [1.165, 1.54) is 34.9 Å². The SMILES string of the molecule is Cc1nc2cc(F)c(F)cc2n1-c1cc(N)nc(Nc2ccc([N+](=O)[O-])cc2)n1.Cc1nc2cc(F)c(F)cc2n1C1=CC(N)=NC(N)(c2cccc(Cl)c2)N1. The van der Waals surface area contributed by atoms with Crippen molar-refractivity contribution in [2.45, 2.75) is 19.6 Å². The summed E-state index contributed by atoms with van der Waals surface area (Å²) in [5.74, 6) is -3.25. The minimum Gasteiger partial charge on any atom is -0.384 e. The molecule has 3 aromatic heterocycles. The van der Waals surface area contributed by atoms with Crippen molar-refractivity contribution in [1.82, 2.24) is 34.4 Å². The molecule has 1 aliphatic heterocycles. The number of nitrogens with zero attached hydrogens (tertiary/aromatic N) is 8. The van der Waals surface area contributed by atoms with E-state index in [1.807, 2.05) is 0 Å². The van der Waals surface area contributed by atoms with Crippen LogP contribution in [0.15, 0.2) is 89.9 Å². The molecule has 0 bridgehead atoms. The first kappa shape index (κ1) is 37.2. The summed E-state index contributed by atoms with van der Waals surface area (Å²) >= 11 is 6.06. The second-order valence-electron chi connectivity index (χ2n) is 12.4. The smallest absolute Gasteiger partial charge is 0.269 e. The molecule has 0 saturated carbocycles. The fraction of sp³-hybridized carbons (Fsp3) is 0.0833. The van der Waals surface area contributed by atoms with E-state index in [0.29, 0.717) is 56.1 Å². The Hall–Kier alpha value is -7.12. The molecule has 1 unspecified atom stereocenters. The van der Waals surface area contributed by atoms with E-state index in [2.05, 4.69) is 35.6 Å². The number of nitrogen functional groups attached to an aromatic ring is 1. The van der Waals surface area contributed by atoms with E-state index >= 15 is 0 Å². The molecule has 4 heterocycles. The van der Waals surface area contributed by atoms with Crippen molar-refractivity contribution in [3.8, 4) is 5.82 Å². The molecule has 1 atom stereocenters. The van der Waals surface area contributed by atoms with Gasteiger partial charge in [0.1, 0.15) is 34.9 Å². The number of aromatic nitrogens is 6. The zero-order valence-electron chi connectivity index (χ0n) is 29.1. The van der Waals surface area contributed by atoms with E-state index in [0.717, 1.165) is 24.3 Å². The van der Waals surface area contributed by atoms with E-state index < -0.39 is 34.0 Å². The zero-order valence-corrected chi connectivity index (χ0v) is 29.9. The van der Waals surface area contributed by atoms with Crippen molar-refractivity contribution in [3.05, 3.63) is 141 Å². The van der Waals surface area contributed by atoms with Crippen molar-refractivity contribution in [1.29, 1.82) is 0 Å². The Labute approximate surface area is 318 Å². The van der Waals surface area contributed by atoms with E-state index in [4.69, 9.17) is 28.8 Å². The minimum atomic E-state index is -1.39. The Morgan fingerprint density at radius 3 is 2.00 bits per heavy atom. The van der Waals surface area contributed by atoms with Crippen LogP contribution in [0.1, 0.15) is 17.2 Å². The molecule has 0 spiro atoms. The van der Waals surface area contributed by atoms with Crippen LogP contribution in [0.4, 0.5) is 40.7 Å². The number of anilines is 3. The van der Waals surface area contributed by atoms with Crippen LogP contribution in [0.5, 0.6) is 0 Å². The van der Waals surface area contributed by atoms with E-state index in [1.54, 1.807) is 48.8 Å². The van der Waals surface area contributed by atoms with Crippen LogP contribution in [0.3, 0.4) is 0 Å². The molecular formula is C36H28ClF4N13O2. The summed E-state index contributed by atoms with van der Waals surface area (Å²) in [7, 11) is 0. The zero-order chi connectivity index (χ0) is 40.1. The molecule has 284 valence electrons. The number of nitrogens with one attached hydrogen (secondary N) is 2. The normalized spacial score (nSPS) is 15.1. The van der Waals surface area contributed by atoms with Crippen LogP contribution in [0.2, 0.25) is 5.02 Å². The maximum absolute atomic E-state index is 13.8. The standard InChI is InChI=1S/C18H15ClF2N6.C18H13F2N7O2/c1-9-24-14-6-12(20)13(21)7-15(14)27(9)17-8-16(22)25-18(23,26-17)10-3-2-4-11(19)5-10;1-9-22-14-6-12(19)13(20)7-15(14)26(9)17-8-16(21)24-18(25-17)23-10-2-4-11(5-3-10)27(28)29/h2-8,26H,23H2,1H3,(H2,22,25);2-8H,1H3,(H3,21,23,24,25). The first-order valence-electron chi connectivity index (χ1n) is 16.3. The first-order valence-corrected chi connectivity index (χ1v) is 16.7. The average Bonchev–Trinajstić information content (AvgIpc) is 3.62. The van der Waals surface area contributed by atoms with Crippen LogP contribution in [0, 0.1) is 47.2 Å². The summed E-state index contributed by atoms with van der Waals surface area (Å²) in [6.45, 7) is 3.37. The molecule has 0 aliphatic carbocycles. The summed E-state index contributed by atoms with van der Waals surface area (Å²) in [4.78, 5) is 31.5. The lowest BCUT2D eigenvalue weighted by Crippen LogP contribution is -2.52. The molecular weight excluding hydrogens is 758 g/mol. The third kappa shape index (κ3) is 7.22. The highest BCUT2D eigenvalue weighted by Gasteiger charge is 2.32.